The SMILES string of the molecule is CN(CCc1ccccc1)c1nc(-c2cccnc2)nc2c1CCNC2=O. The summed E-state index contributed by atoms with van der Waals surface area (Å²) < 4.78 is 0. The number of anilines is 1. The lowest BCUT2D eigenvalue weighted by atomic mass is 10.0. The summed E-state index contributed by atoms with van der Waals surface area (Å²) in [7, 11) is 2.02. The van der Waals surface area contributed by atoms with E-state index in [4.69, 9.17) is 4.98 Å². The molecule has 6 nitrogen and oxygen atoms in total. The maximum Gasteiger partial charge on any atom is 0.270 e. The van der Waals surface area contributed by atoms with Crippen molar-refractivity contribution in [2.45, 2.75) is 12.8 Å². The average molecular weight is 359 g/mol. The van der Waals surface area contributed by atoms with Gasteiger partial charge in [-0.3, -0.25) is 9.78 Å². The van der Waals surface area contributed by atoms with E-state index in [9.17, 15) is 4.79 Å². The van der Waals surface area contributed by atoms with Crippen molar-refractivity contribution < 1.29 is 4.79 Å². The third-order valence-corrected chi connectivity index (χ3v) is 4.72. The number of benzene rings is 1. The molecule has 6 heteroatoms. The van der Waals surface area contributed by atoms with Gasteiger partial charge in [0.25, 0.3) is 5.91 Å². The predicted molar refractivity (Wildman–Crippen MR) is 105 cm³/mol. The lowest BCUT2D eigenvalue weighted by Gasteiger charge is -2.25. The number of hydrogen-bond acceptors (Lipinski definition) is 5. The van der Waals surface area contributed by atoms with Crippen LogP contribution in [0.4, 0.5) is 5.82 Å². The smallest absolute Gasteiger partial charge is 0.270 e. The van der Waals surface area contributed by atoms with Gasteiger partial charge in [-0.05, 0) is 30.5 Å². The number of fused-ring (bicyclic) bond motifs is 1. The van der Waals surface area contributed by atoms with Crippen molar-refractivity contribution in [3.63, 3.8) is 0 Å². The molecule has 1 amide bonds. The standard InChI is InChI=1S/C21H21N5O/c1-26(13-10-15-6-3-2-4-7-15)20-17-9-12-23-21(27)18(17)24-19(25-20)16-8-5-11-22-14-16/h2-8,11,14H,9-10,12-13H2,1H3,(H,23,27). The molecule has 0 atom stereocenters. The molecule has 0 bridgehead atoms. The van der Waals surface area contributed by atoms with E-state index < -0.39 is 0 Å². The predicted octanol–water partition coefficient (Wildman–Crippen LogP) is 2.50. The van der Waals surface area contributed by atoms with Gasteiger partial charge in [0.15, 0.2) is 5.82 Å². The fourth-order valence-corrected chi connectivity index (χ4v) is 3.26. The highest BCUT2D eigenvalue weighted by atomic mass is 16.1. The van der Waals surface area contributed by atoms with Crippen molar-refractivity contribution in [2.24, 2.45) is 0 Å². The lowest BCUT2D eigenvalue weighted by molar-refractivity contribution is 0.0940. The molecule has 4 rings (SSSR count). The Kier molecular flexibility index (Phi) is 4.78. The van der Waals surface area contributed by atoms with Crippen LogP contribution in [0.25, 0.3) is 11.4 Å². The summed E-state index contributed by atoms with van der Waals surface area (Å²) in [5, 5.41) is 2.88. The van der Waals surface area contributed by atoms with E-state index in [-0.39, 0.29) is 5.91 Å². The number of pyridine rings is 1. The van der Waals surface area contributed by atoms with E-state index >= 15 is 0 Å². The fraction of sp³-hybridized carbons (Fsp3) is 0.238. The summed E-state index contributed by atoms with van der Waals surface area (Å²) in [6, 6.07) is 14.1. The minimum Gasteiger partial charge on any atom is -0.359 e. The molecule has 1 aliphatic heterocycles. The number of hydrogen-bond donors (Lipinski definition) is 1. The summed E-state index contributed by atoms with van der Waals surface area (Å²) >= 11 is 0. The molecule has 136 valence electrons. The molecular weight excluding hydrogens is 338 g/mol. The molecule has 3 aromatic rings. The van der Waals surface area contributed by atoms with Gasteiger partial charge in [-0.25, -0.2) is 9.97 Å². The highest BCUT2D eigenvalue weighted by Gasteiger charge is 2.25. The van der Waals surface area contributed by atoms with Gasteiger partial charge in [0.2, 0.25) is 0 Å². The summed E-state index contributed by atoms with van der Waals surface area (Å²) in [5.41, 5.74) is 3.47. The molecule has 0 fully saturated rings. The Labute approximate surface area is 158 Å². The minimum atomic E-state index is -0.138. The fourth-order valence-electron chi connectivity index (χ4n) is 3.26. The summed E-state index contributed by atoms with van der Waals surface area (Å²) in [6.45, 7) is 1.42. The zero-order chi connectivity index (χ0) is 18.6. The van der Waals surface area contributed by atoms with Gasteiger partial charge in [0, 0.05) is 43.7 Å². The lowest BCUT2D eigenvalue weighted by Crippen LogP contribution is -2.35. The Bertz CT molecular complexity index is 944. The minimum absolute atomic E-state index is 0.138. The first-order valence-corrected chi connectivity index (χ1v) is 9.07. The van der Waals surface area contributed by atoms with Crippen LogP contribution >= 0.6 is 0 Å². The van der Waals surface area contributed by atoms with Crippen molar-refractivity contribution >= 4 is 11.7 Å². The largest absolute Gasteiger partial charge is 0.359 e. The van der Waals surface area contributed by atoms with Crippen LogP contribution in [0.2, 0.25) is 0 Å². The number of carbonyl (C=O) groups is 1. The van der Waals surface area contributed by atoms with Gasteiger partial charge in [0.05, 0.1) is 0 Å². The highest BCUT2D eigenvalue weighted by Crippen LogP contribution is 2.26. The quantitative estimate of drug-likeness (QED) is 0.758. The second-order valence-electron chi connectivity index (χ2n) is 6.60. The van der Waals surface area contributed by atoms with E-state index in [0.29, 0.717) is 18.1 Å². The Morgan fingerprint density at radius 1 is 1.11 bits per heavy atom. The first-order valence-electron chi connectivity index (χ1n) is 9.07. The molecule has 0 saturated heterocycles. The molecule has 0 aliphatic carbocycles. The van der Waals surface area contributed by atoms with E-state index in [1.54, 1.807) is 12.4 Å². The molecule has 0 saturated carbocycles. The number of rotatable bonds is 5. The van der Waals surface area contributed by atoms with Crippen LogP contribution in [0.5, 0.6) is 0 Å². The third-order valence-electron chi connectivity index (χ3n) is 4.72. The Balaban J connectivity index is 1.69. The molecule has 2 aromatic heterocycles. The van der Waals surface area contributed by atoms with Crippen LogP contribution in [-0.2, 0) is 12.8 Å². The Morgan fingerprint density at radius 2 is 1.96 bits per heavy atom. The molecule has 0 unspecified atom stereocenters. The van der Waals surface area contributed by atoms with Gasteiger partial charge >= 0.3 is 0 Å². The molecule has 1 N–H and O–H groups in total. The zero-order valence-corrected chi connectivity index (χ0v) is 15.2. The maximum absolute atomic E-state index is 12.4. The Morgan fingerprint density at radius 3 is 2.74 bits per heavy atom. The van der Waals surface area contributed by atoms with Crippen LogP contribution in [0.3, 0.4) is 0 Å². The molecule has 0 spiro atoms. The maximum atomic E-state index is 12.4. The normalized spacial score (nSPS) is 13.0. The number of amides is 1. The van der Waals surface area contributed by atoms with E-state index in [1.165, 1.54) is 5.56 Å². The topological polar surface area (TPSA) is 71.0 Å². The van der Waals surface area contributed by atoms with Gasteiger partial charge < -0.3 is 10.2 Å². The monoisotopic (exact) mass is 359 g/mol. The summed E-state index contributed by atoms with van der Waals surface area (Å²) in [5.74, 6) is 1.21. The third kappa shape index (κ3) is 3.65. The summed E-state index contributed by atoms with van der Waals surface area (Å²) in [4.78, 5) is 28.0. The van der Waals surface area contributed by atoms with Crippen LogP contribution in [0.15, 0.2) is 54.9 Å². The molecule has 1 aromatic carbocycles. The van der Waals surface area contributed by atoms with E-state index in [2.05, 4.69) is 32.3 Å². The molecule has 27 heavy (non-hydrogen) atoms. The van der Waals surface area contributed by atoms with E-state index in [0.717, 1.165) is 36.3 Å². The van der Waals surface area contributed by atoms with Gasteiger partial charge in [0.1, 0.15) is 11.5 Å². The molecular formula is C21H21N5O. The van der Waals surface area contributed by atoms with Crippen LogP contribution in [-0.4, -0.2) is 41.0 Å². The number of likely N-dealkylation sites (N-methyl/N-ethyl adjacent to an activating group) is 1. The van der Waals surface area contributed by atoms with Gasteiger partial charge in [-0.15, -0.1) is 0 Å². The number of aromatic nitrogens is 3. The number of nitrogens with one attached hydrogen (secondary N) is 1. The first-order chi connectivity index (χ1) is 13.2. The van der Waals surface area contributed by atoms with Gasteiger partial charge in [-0.1, -0.05) is 30.3 Å². The van der Waals surface area contributed by atoms with Crippen molar-refractivity contribution in [3.05, 3.63) is 71.7 Å². The zero-order valence-electron chi connectivity index (χ0n) is 15.2. The Hall–Kier alpha value is -3.28. The number of nitrogens with zero attached hydrogens (tertiary/aromatic N) is 4. The first kappa shape index (κ1) is 17.1. The molecule has 0 radical (unpaired) electrons. The second-order valence-corrected chi connectivity index (χ2v) is 6.60. The van der Waals surface area contributed by atoms with Crippen LogP contribution in [0.1, 0.15) is 21.6 Å². The second kappa shape index (κ2) is 7.53. The highest BCUT2D eigenvalue weighted by molar-refractivity contribution is 5.96. The average Bonchev–Trinajstić information content (AvgIpc) is 2.73. The van der Waals surface area contributed by atoms with Crippen LogP contribution < -0.4 is 10.2 Å². The van der Waals surface area contributed by atoms with E-state index in [1.807, 2.05) is 37.4 Å². The molecule has 1 aliphatic rings. The van der Waals surface area contributed by atoms with Crippen molar-refractivity contribution in [1.29, 1.82) is 0 Å². The summed E-state index contributed by atoms with van der Waals surface area (Å²) in [6.07, 6.45) is 5.07. The van der Waals surface area contributed by atoms with Crippen molar-refractivity contribution in [3.8, 4) is 11.4 Å². The number of carbonyl (C=O) groups excluding carboxylic acids is 1. The van der Waals surface area contributed by atoms with Gasteiger partial charge in [-0.2, -0.15) is 0 Å². The van der Waals surface area contributed by atoms with Crippen LogP contribution in [0, 0.1) is 0 Å². The molecule has 3 heterocycles. The van der Waals surface area contributed by atoms with Crippen molar-refractivity contribution in [2.75, 3.05) is 25.0 Å². The van der Waals surface area contributed by atoms with Crippen molar-refractivity contribution in [1.82, 2.24) is 20.3 Å².